The Morgan fingerprint density at radius 2 is 1.57 bits per heavy atom. The van der Waals surface area contributed by atoms with Gasteiger partial charge in [-0.1, -0.05) is 97.7 Å². The SMILES string of the molecule is Cc1ccc(C2=CSC3=NC4=C(CCC/C4=C\c4ccc(Br)cc4)C(c4ccc(Br)cc4)N23)cc1. The minimum absolute atomic E-state index is 0.141. The van der Waals surface area contributed by atoms with Gasteiger partial charge in [0.2, 0.25) is 0 Å². The van der Waals surface area contributed by atoms with Gasteiger partial charge in [-0.05, 0) is 84.4 Å². The molecule has 1 aliphatic carbocycles. The number of aliphatic imine (C=N–C) groups is 1. The van der Waals surface area contributed by atoms with Crippen molar-refractivity contribution in [1.29, 1.82) is 0 Å². The zero-order valence-corrected chi connectivity index (χ0v) is 23.3. The molecule has 1 atom stereocenters. The summed E-state index contributed by atoms with van der Waals surface area (Å²) in [6.45, 7) is 2.14. The number of halogens is 2. The first-order valence-electron chi connectivity index (χ1n) is 11.8. The Morgan fingerprint density at radius 1 is 0.886 bits per heavy atom. The van der Waals surface area contributed by atoms with Crippen molar-refractivity contribution in [2.24, 2.45) is 4.99 Å². The van der Waals surface area contributed by atoms with Gasteiger partial charge in [-0.15, -0.1) is 0 Å². The largest absolute Gasteiger partial charge is 0.308 e. The van der Waals surface area contributed by atoms with E-state index in [-0.39, 0.29) is 6.04 Å². The summed E-state index contributed by atoms with van der Waals surface area (Å²) in [5.41, 5.74) is 10.2. The predicted octanol–water partition coefficient (Wildman–Crippen LogP) is 9.50. The number of nitrogens with zero attached hydrogens (tertiary/aromatic N) is 2. The number of allylic oxidation sites excluding steroid dienone is 1. The van der Waals surface area contributed by atoms with E-state index in [0.717, 1.165) is 33.4 Å². The van der Waals surface area contributed by atoms with Crippen LogP contribution in [-0.2, 0) is 0 Å². The molecule has 0 bridgehead atoms. The van der Waals surface area contributed by atoms with Crippen LogP contribution in [-0.4, -0.2) is 10.1 Å². The second-order valence-corrected chi connectivity index (χ2v) is 11.8. The van der Waals surface area contributed by atoms with Gasteiger partial charge in [-0.3, -0.25) is 0 Å². The summed E-state index contributed by atoms with van der Waals surface area (Å²) in [5, 5.41) is 3.34. The number of hydrogen-bond acceptors (Lipinski definition) is 3. The molecule has 174 valence electrons. The molecule has 0 N–H and O–H groups in total. The van der Waals surface area contributed by atoms with Gasteiger partial charge >= 0.3 is 0 Å². The smallest absolute Gasteiger partial charge is 0.174 e. The van der Waals surface area contributed by atoms with Crippen LogP contribution in [0.3, 0.4) is 0 Å². The van der Waals surface area contributed by atoms with E-state index in [1.165, 1.54) is 44.8 Å². The Morgan fingerprint density at radius 3 is 2.29 bits per heavy atom. The zero-order chi connectivity index (χ0) is 23.9. The molecular weight excluding hydrogens is 580 g/mol. The van der Waals surface area contributed by atoms with Gasteiger partial charge in [0.25, 0.3) is 0 Å². The minimum Gasteiger partial charge on any atom is -0.308 e. The molecule has 0 spiro atoms. The van der Waals surface area contributed by atoms with Gasteiger partial charge < -0.3 is 4.90 Å². The summed E-state index contributed by atoms with van der Waals surface area (Å²) in [7, 11) is 0. The lowest BCUT2D eigenvalue weighted by atomic mass is 9.83. The Balaban J connectivity index is 1.48. The molecule has 3 aromatic rings. The molecule has 2 aliphatic heterocycles. The van der Waals surface area contributed by atoms with Crippen molar-refractivity contribution >= 4 is 60.6 Å². The fourth-order valence-electron chi connectivity index (χ4n) is 5.06. The Kier molecular flexibility index (Phi) is 6.34. The van der Waals surface area contributed by atoms with Crippen molar-refractivity contribution in [2.45, 2.75) is 32.2 Å². The van der Waals surface area contributed by atoms with E-state index in [4.69, 9.17) is 4.99 Å². The number of benzene rings is 3. The number of rotatable bonds is 3. The lowest BCUT2D eigenvalue weighted by molar-refractivity contribution is 0.458. The average molecular weight is 604 g/mol. The van der Waals surface area contributed by atoms with Crippen molar-refractivity contribution in [2.75, 3.05) is 0 Å². The maximum Gasteiger partial charge on any atom is 0.174 e. The van der Waals surface area contributed by atoms with E-state index < -0.39 is 0 Å². The highest BCUT2D eigenvalue weighted by Crippen LogP contribution is 2.51. The molecule has 1 unspecified atom stereocenters. The minimum atomic E-state index is 0.141. The standard InChI is InChI=1S/C30H24Br2N2S/c1-19-5-9-21(10-6-19)27-18-35-30-33-28-23(17-20-7-13-24(31)14-8-20)3-2-4-26(28)29(34(27)30)22-11-15-25(32)16-12-22/h5-18,29H,2-4H2,1H3/b23-17+. The third-order valence-corrected chi connectivity index (χ3v) is 8.68. The first kappa shape index (κ1) is 23.1. The van der Waals surface area contributed by atoms with Crippen LogP contribution in [0.2, 0.25) is 0 Å². The van der Waals surface area contributed by atoms with E-state index in [0.29, 0.717) is 0 Å². The first-order valence-corrected chi connectivity index (χ1v) is 14.3. The van der Waals surface area contributed by atoms with Gasteiger partial charge in [0.15, 0.2) is 5.17 Å². The molecular formula is C30H24Br2N2S. The quantitative estimate of drug-likeness (QED) is 0.296. The van der Waals surface area contributed by atoms with Crippen LogP contribution in [0.4, 0.5) is 0 Å². The van der Waals surface area contributed by atoms with Gasteiger partial charge in [0, 0.05) is 14.4 Å². The fraction of sp³-hybridized carbons (Fsp3) is 0.167. The average Bonchev–Trinajstić information content (AvgIpc) is 3.29. The van der Waals surface area contributed by atoms with Crippen molar-refractivity contribution in [1.82, 2.24) is 4.90 Å². The highest BCUT2D eigenvalue weighted by molar-refractivity contribution is 9.10. The second kappa shape index (κ2) is 9.61. The molecule has 5 heteroatoms. The van der Waals surface area contributed by atoms with Crippen LogP contribution in [0.25, 0.3) is 11.8 Å². The third kappa shape index (κ3) is 4.50. The highest BCUT2D eigenvalue weighted by Gasteiger charge is 2.40. The van der Waals surface area contributed by atoms with Crippen LogP contribution < -0.4 is 0 Å². The van der Waals surface area contributed by atoms with E-state index in [9.17, 15) is 0 Å². The summed E-state index contributed by atoms with van der Waals surface area (Å²) in [6.07, 6.45) is 5.59. The summed E-state index contributed by atoms with van der Waals surface area (Å²) in [4.78, 5) is 7.75. The molecule has 0 aromatic heterocycles. The van der Waals surface area contributed by atoms with E-state index >= 15 is 0 Å². The lowest BCUT2D eigenvalue weighted by Gasteiger charge is -2.40. The van der Waals surface area contributed by atoms with Crippen molar-refractivity contribution in [3.05, 3.63) is 126 Å². The summed E-state index contributed by atoms with van der Waals surface area (Å²) >= 11 is 8.92. The molecule has 0 saturated heterocycles. The predicted molar refractivity (Wildman–Crippen MR) is 156 cm³/mol. The molecule has 3 aromatic carbocycles. The number of hydrogen-bond donors (Lipinski definition) is 0. The van der Waals surface area contributed by atoms with Crippen LogP contribution >= 0.6 is 43.6 Å². The molecule has 2 nitrogen and oxygen atoms in total. The summed E-state index contributed by atoms with van der Waals surface area (Å²) in [5.74, 6) is 0. The summed E-state index contributed by atoms with van der Waals surface area (Å²) < 4.78 is 2.20. The lowest BCUT2D eigenvalue weighted by Crippen LogP contribution is -2.34. The maximum absolute atomic E-state index is 5.29. The molecule has 35 heavy (non-hydrogen) atoms. The third-order valence-electron chi connectivity index (χ3n) is 6.78. The highest BCUT2D eigenvalue weighted by atomic mass is 79.9. The number of fused-ring (bicyclic) bond motifs is 1. The van der Waals surface area contributed by atoms with Crippen LogP contribution in [0.15, 0.2) is 109 Å². The zero-order valence-electron chi connectivity index (χ0n) is 19.3. The normalized spacial score (nSPS) is 20.5. The van der Waals surface area contributed by atoms with E-state index in [1.807, 2.05) is 0 Å². The van der Waals surface area contributed by atoms with Gasteiger partial charge in [-0.2, -0.15) is 0 Å². The number of thioether (sulfide) groups is 1. The molecule has 0 radical (unpaired) electrons. The molecule has 2 heterocycles. The van der Waals surface area contributed by atoms with Crippen molar-refractivity contribution in [3.8, 4) is 0 Å². The molecule has 0 amide bonds. The topological polar surface area (TPSA) is 15.6 Å². The Labute approximate surface area is 227 Å². The van der Waals surface area contributed by atoms with Crippen molar-refractivity contribution in [3.63, 3.8) is 0 Å². The monoisotopic (exact) mass is 602 g/mol. The van der Waals surface area contributed by atoms with Gasteiger partial charge in [-0.25, -0.2) is 4.99 Å². The molecule has 6 rings (SSSR count). The molecule has 0 fully saturated rings. The van der Waals surface area contributed by atoms with E-state index in [2.05, 4.69) is 128 Å². The summed E-state index contributed by atoms with van der Waals surface area (Å²) in [6, 6.07) is 26.3. The Bertz CT molecular complexity index is 1400. The Hall–Kier alpha value is -2.34. The second-order valence-electron chi connectivity index (χ2n) is 9.15. The fourth-order valence-corrected chi connectivity index (χ4v) is 6.51. The van der Waals surface area contributed by atoms with E-state index in [1.54, 1.807) is 11.8 Å². The van der Waals surface area contributed by atoms with Crippen LogP contribution in [0.1, 0.15) is 47.6 Å². The number of aryl methyl sites for hydroxylation is 1. The maximum atomic E-state index is 5.29. The van der Waals surface area contributed by atoms with Crippen LogP contribution in [0.5, 0.6) is 0 Å². The van der Waals surface area contributed by atoms with Gasteiger partial charge in [0.1, 0.15) is 0 Å². The molecule has 0 saturated carbocycles. The van der Waals surface area contributed by atoms with Gasteiger partial charge in [0.05, 0.1) is 17.4 Å². The number of amidine groups is 1. The van der Waals surface area contributed by atoms with Crippen LogP contribution in [0, 0.1) is 6.92 Å². The first-order chi connectivity index (χ1) is 17.1. The van der Waals surface area contributed by atoms with Crippen molar-refractivity contribution < 1.29 is 0 Å². The molecule has 3 aliphatic rings.